The lowest BCUT2D eigenvalue weighted by Crippen LogP contribution is -2.55. The van der Waals surface area contributed by atoms with Crippen LogP contribution in [-0.4, -0.2) is 23.0 Å². The number of aromatic nitrogens is 1. The number of hydrogen-bond donors (Lipinski definition) is 2. The maximum Gasteiger partial charge on any atom is 0.254 e. The Balaban J connectivity index is 1.96. The van der Waals surface area contributed by atoms with Crippen molar-refractivity contribution in [3.8, 4) is 0 Å². The van der Waals surface area contributed by atoms with Crippen molar-refractivity contribution in [1.29, 1.82) is 0 Å². The fraction of sp³-hybridized carbons (Fsp3) is 0.455. The molecule has 0 spiro atoms. The van der Waals surface area contributed by atoms with E-state index < -0.39 is 11.7 Å². The van der Waals surface area contributed by atoms with Crippen molar-refractivity contribution in [2.24, 2.45) is 5.73 Å². The molecule has 1 fully saturated rings. The summed E-state index contributed by atoms with van der Waals surface area (Å²) < 4.78 is 13.2. The smallest absolute Gasteiger partial charge is 0.254 e. The van der Waals surface area contributed by atoms with Gasteiger partial charge in [0, 0.05) is 18.3 Å². The van der Waals surface area contributed by atoms with Crippen molar-refractivity contribution >= 4 is 5.91 Å². The second kappa shape index (κ2) is 4.17. The van der Waals surface area contributed by atoms with Gasteiger partial charge < -0.3 is 11.1 Å². The van der Waals surface area contributed by atoms with Gasteiger partial charge in [0.1, 0.15) is 0 Å². The maximum absolute atomic E-state index is 13.2. The quantitative estimate of drug-likeness (QED) is 0.797. The molecule has 0 unspecified atom stereocenters. The van der Waals surface area contributed by atoms with Crippen LogP contribution in [0.3, 0.4) is 0 Å². The number of nitrogens with one attached hydrogen (secondary N) is 1. The Morgan fingerprint density at radius 3 is 2.94 bits per heavy atom. The average Bonchev–Trinajstić information content (AvgIpc) is 2.24. The molecule has 0 atom stereocenters. The van der Waals surface area contributed by atoms with Gasteiger partial charge in [0.2, 0.25) is 0 Å². The van der Waals surface area contributed by atoms with Crippen molar-refractivity contribution in [3.05, 3.63) is 29.8 Å². The third kappa shape index (κ3) is 2.19. The first-order valence-electron chi connectivity index (χ1n) is 5.27. The van der Waals surface area contributed by atoms with E-state index in [9.17, 15) is 9.18 Å². The van der Waals surface area contributed by atoms with Gasteiger partial charge in [-0.1, -0.05) is 0 Å². The Hall–Kier alpha value is -1.49. The molecule has 1 aliphatic carbocycles. The summed E-state index contributed by atoms with van der Waals surface area (Å²) in [6, 6.07) is 1.36. The number of halogens is 1. The lowest BCUT2D eigenvalue weighted by Gasteiger charge is -2.38. The minimum absolute atomic E-state index is 0.0120. The molecule has 3 N–H and O–H groups in total. The summed E-state index contributed by atoms with van der Waals surface area (Å²) in [4.78, 5) is 15.2. The monoisotopic (exact) mass is 223 g/mol. The molecule has 0 aliphatic heterocycles. The lowest BCUT2D eigenvalue weighted by molar-refractivity contribution is 0.0925. The fourth-order valence-corrected chi connectivity index (χ4v) is 1.72. The number of pyridine rings is 1. The largest absolute Gasteiger partial charge is 0.350 e. The van der Waals surface area contributed by atoms with Crippen LogP contribution in [0.4, 0.5) is 4.39 Å². The van der Waals surface area contributed by atoms with Crippen molar-refractivity contribution in [3.63, 3.8) is 0 Å². The molecule has 86 valence electrons. The molecule has 2 rings (SSSR count). The molecule has 1 saturated carbocycles. The molecule has 16 heavy (non-hydrogen) atoms. The highest BCUT2D eigenvalue weighted by molar-refractivity contribution is 5.94. The standard InChI is InChI=1S/C11H14FN3O/c12-9-6-14-5-2-8(9)10(16)15-7-11(13)3-1-4-11/h2,5-6H,1,3-4,7,13H2,(H,15,16). The van der Waals surface area contributed by atoms with Crippen LogP contribution < -0.4 is 11.1 Å². The Morgan fingerprint density at radius 1 is 1.62 bits per heavy atom. The zero-order valence-electron chi connectivity index (χ0n) is 8.87. The van der Waals surface area contributed by atoms with Gasteiger partial charge in [-0.3, -0.25) is 9.78 Å². The van der Waals surface area contributed by atoms with Crippen LogP contribution in [0.5, 0.6) is 0 Å². The SMILES string of the molecule is NC1(CNC(=O)c2ccncc2F)CCC1. The first-order chi connectivity index (χ1) is 7.61. The molecule has 1 aromatic rings. The van der Waals surface area contributed by atoms with Crippen LogP contribution in [0.2, 0.25) is 0 Å². The van der Waals surface area contributed by atoms with Crippen LogP contribution in [0.15, 0.2) is 18.5 Å². The number of amides is 1. The van der Waals surface area contributed by atoms with E-state index in [2.05, 4.69) is 10.3 Å². The summed E-state index contributed by atoms with van der Waals surface area (Å²) in [5.74, 6) is -1.05. The van der Waals surface area contributed by atoms with Crippen LogP contribution in [0, 0.1) is 5.82 Å². The molecule has 0 bridgehead atoms. The van der Waals surface area contributed by atoms with Gasteiger partial charge in [0.15, 0.2) is 5.82 Å². The summed E-state index contributed by atoms with van der Waals surface area (Å²) in [6.07, 6.45) is 5.32. The second-order valence-corrected chi connectivity index (χ2v) is 4.25. The molecule has 0 radical (unpaired) electrons. The predicted octanol–water partition coefficient (Wildman–Crippen LogP) is 0.832. The lowest BCUT2D eigenvalue weighted by atomic mass is 9.78. The Morgan fingerprint density at radius 2 is 2.38 bits per heavy atom. The number of carbonyl (C=O) groups excluding carboxylic acids is 1. The highest BCUT2D eigenvalue weighted by Crippen LogP contribution is 2.28. The fourth-order valence-electron chi connectivity index (χ4n) is 1.72. The van der Waals surface area contributed by atoms with Crippen LogP contribution >= 0.6 is 0 Å². The molecule has 1 amide bonds. The number of carbonyl (C=O) groups is 1. The van der Waals surface area contributed by atoms with Crippen molar-refractivity contribution < 1.29 is 9.18 Å². The summed E-state index contributed by atoms with van der Waals surface area (Å²) in [7, 11) is 0. The topological polar surface area (TPSA) is 68.0 Å². The molecular formula is C11H14FN3O. The third-order valence-corrected chi connectivity index (χ3v) is 2.97. The van der Waals surface area contributed by atoms with E-state index in [0.29, 0.717) is 6.54 Å². The zero-order valence-corrected chi connectivity index (χ0v) is 8.87. The van der Waals surface area contributed by atoms with E-state index in [-0.39, 0.29) is 11.1 Å². The highest BCUT2D eigenvalue weighted by atomic mass is 19.1. The van der Waals surface area contributed by atoms with Crippen LogP contribution in [0.1, 0.15) is 29.6 Å². The number of hydrogen-bond acceptors (Lipinski definition) is 3. The molecule has 1 heterocycles. The van der Waals surface area contributed by atoms with E-state index in [1.165, 1.54) is 12.3 Å². The summed E-state index contributed by atoms with van der Waals surface area (Å²) in [6.45, 7) is 0.396. The van der Waals surface area contributed by atoms with Crippen LogP contribution in [0.25, 0.3) is 0 Å². The van der Waals surface area contributed by atoms with Crippen molar-refractivity contribution in [2.75, 3.05) is 6.54 Å². The van der Waals surface area contributed by atoms with Gasteiger partial charge in [0.25, 0.3) is 5.91 Å². The highest BCUT2D eigenvalue weighted by Gasteiger charge is 2.32. The minimum atomic E-state index is -0.611. The predicted molar refractivity (Wildman–Crippen MR) is 57.3 cm³/mol. The van der Waals surface area contributed by atoms with E-state index >= 15 is 0 Å². The van der Waals surface area contributed by atoms with Gasteiger partial charge in [-0.25, -0.2) is 4.39 Å². The number of rotatable bonds is 3. The van der Waals surface area contributed by atoms with E-state index in [1.54, 1.807) is 0 Å². The third-order valence-electron chi connectivity index (χ3n) is 2.97. The minimum Gasteiger partial charge on any atom is -0.350 e. The van der Waals surface area contributed by atoms with Crippen LogP contribution in [-0.2, 0) is 0 Å². The van der Waals surface area contributed by atoms with E-state index in [1.807, 2.05) is 0 Å². The van der Waals surface area contributed by atoms with Crippen molar-refractivity contribution in [1.82, 2.24) is 10.3 Å². The Kier molecular flexibility index (Phi) is 2.87. The number of nitrogens with zero attached hydrogens (tertiary/aromatic N) is 1. The van der Waals surface area contributed by atoms with E-state index in [4.69, 9.17) is 5.73 Å². The Bertz CT molecular complexity index is 404. The summed E-state index contributed by atoms with van der Waals surface area (Å²) in [5.41, 5.74) is 5.67. The number of nitrogens with two attached hydrogens (primary N) is 1. The molecule has 0 aromatic carbocycles. The molecule has 1 aromatic heterocycles. The second-order valence-electron chi connectivity index (χ2n) is 4.25. The average molecular weight is 223 g/mol. The summed E-state index contributed by atoms with van der Waals surface area (Å²) in [5, 5.41) is 2.65. The van der Waals surface area contributed by atoms with E-state index in [0.717, 1.165) is 25.5 Å². The maximum atomic E-state index is 13.2. The van der Waals surface area contributed by atoms with Crippen molar-refractivity contribution in [2.45, 2.75) is 24.8 Å². The molecule has 5 heteroatoms. The molecule has 0 saturated heterocycles. The first-order valence-corrected chi connectivity index (χ1v) is 5.27. The first kappa shape index (κ1) is 11.0. The zero-order chi connectivity index (χ0) is 11.6. The Labute approximate surface area is 93.1 Å². The van der Waals surface area contributed by atoms with Gasteiger partial charge in [-0.15, -0.1) is 0 Å². The van der Waals surface area contributed by atoms with Gasteiger partial charge in [0.05, 0.1) is 11.8 Å². The van der Waals surface area contributed by atoms with Gasteiger partial charge >= 0.3 is 0 Å². The molecular weight excluding hydrogens is 209 g/mol. The van der Waals surface area contributed by atoms with Gasteiger partial charge in [-0.05, 0) is 25.3 Å². The molecule has 4 nitrogen and oxygen atoms in total. The summed E-state index contributed by atoms with van der Waals surface area (Å²) >= 11 is 0. The van der Waals surface area contributed by atoms with Gasteiger partial charge in [-0.2, -0.15) is 0 Å². The molecule has 1 aliphatic rings. The normalized spacial score (nSPS) is 17.6.